The maximum Gasteiger partial charge on any atom is 0.356 e. The first kappa shape index (κ1) is 25.0. The second-order valence-electron chi connectivity index (χ2n) is 5.81. The smallest absolute Gasteiger partial charge is 0.356 e. The zero-order chi connectivity index (χ0) is 22.9. The van der Waals surface area contributed by atoms with E-state index in [4.69, 9.17) is 35.0 Å². The van der Waals surface area contributed by atoms with E-state index >= 15 is 0 Å². The van der Waals surface area contributed by atoms with E-state index in [1.165, 1.54) is 18.0 Å². The van der Waals surface area contributed by atoms with Crippen LogP contribution in [0, 0.1) is 0 Å². The van der Waals surface area contributed by atoms with Crippen LogP contribution >= 0.6 is 19.2 Å². The number of esters is 1. The third-order valence-corrected chi connectivity index (χ3v) is 5.54. The molecule has 2 aromatic rings. The van der Waals surface area contributed by atoms with Gasteiger partial charge in [-0.05, 0) is 13.8 Å². The molecule has 31 heavy (non-hydrogen) atoms. The van der Waals surface area contributed by atoms with Crippen LogP contribution in [0.1, 0.15) is 20.8 Å². The van der Waals surface area contributed by atoms with Gasteiger partial charge in [0.1, 0.15) is 37.5 Å². The number of halogens is 1. The Balaban J connectivity index is 2.13. The zero-order valence-corrected chi connectivity index (χ0v) is 18.8. The molecule has 0 aliphatic carbocycles. The molecule has 1 atom stereocenters. The van der Waals surface area contributed by atoms with Gasteiger partial charge in [0, 0.05) is 6.92 Å². The summed E-state index contributed by atoms with van der Waals surface area (Å²) >= 11 is 6.04. The number of nitrogens with one attached hydrogen (secondary N) is 1. The van der Waals surface area contributed by atoms with E-state index in [2.05, 4.69) is 20.3 Å². The summed E-state index contributed by atoms with van der Waals surface area (Å²) < 4.78 is 34.7. The Bertz CT molecular complexity index is 932. The van der Waals surface area contributed by atoms with Crippen molar-refractivity contribution in [2.75, 3.05) is 38.1 Å². The maximum absolute atomic E-state index is 12.6. The Labute approximate surface area is 182 Å². The molecule has 2 aromatic heterocycles. The number of amides is 1. The Morgan fingerprint density at radius 3 is 2.61 bits per heavy atom. The van der Waals surface area contributed by atoms with Crippen LogP contribution in [0.4, 0.5) is 5.95 Å². The second-order valence-corrected chi connectivity index (χ2v) is 8.16. The molecule has 0 fully saturated rings. The van der Waals surface area contributed by atoms with Crippen LogP contribution in [0.3, 0.4) is 0 Å². The van der Waals surface area contributed by atoms with Crippen LogP contribution in [0.5, 0.6) is 0 Å². The lowest BCUT2D eigenvalue weighted by molar-refractivity contribution is -0.146. The number of nitrogens with zero attached hydrogens (tertiary/aromatic N) is 4. The highest BCUT2D eigenvalue weighted by Gasteiger charge is 2.27. The number of aromatic nitrogens is 4. The van der Waals surface area contributed by atoms with Crippen molar-refractivity contribution >= 4 is 48.7 Å². The van der Waals surface area contributed by atoms with Crippen molar-refractivity contribution in [1.82, 2.24) is 19.7 Å². The van der Waals surface area contributed by atoms with Crippen molar-refractivity contribution in [2.24, 2.45) is 0 Å². The van der Waals surface area contributed by atoms with Crippen molar-refractivity contribution in [3.63, 3.8) is 0 Å². The van der Waals surface area contributed by atoms with Gasteiger partial charge in [0.05, 0.1) is 13.2 Å². The van der Waals surface area contributed by atoms with Crippen molar-refractivity contribution < 1.29 is 37.5 Å². The lowest BCUT2D eigenvalue weighted by Crippen LogP contribution is -2.32. The molecule has 2 heterocycles. The van der Waals surface area contributed by atoms with Gasteiger partial charge in [-0.2, -0.15) is 14.7 Å². The highest BCUT2D eigenvalue weighted by Crippen LogP contribution is 2.48. The van der Waals surface area contributed by atoms with Crippen molar-refractivity contribution in [3.8, 4) is 0 Å². The van der Waals surface area contributed by atoms with Gasteiger partial charge < -0.3 is 23.4 Å². The summed E-state index contributed by atoms with van der Waals surface area (Å²) in [6, 6.07) is 0. The molecule has 0 radical (unpaired) electrons. The first-order valence-electron chi connectivity index (χ1n) is 9.19. The molecule has 0 aliphatic rings. The average molecular weight is 480 g/mol. The van der Waals surface area contributed by atoms with Gasteiger partial charge in [-0.1, -0.05) is 11.6 Å². The van der Waals surface area contributed by atoms with Crippen LogP contribution in [-0.4, -0.2) is 70.9 Å². The summed E-state index contributed by atoms with van der Waals surface area (Å²) in [4.78, 5) is 39.5. The predicted octanol–water partition coefficient (Wildman–Crippen LogP) is 1.65. The summed E-state index contributed by atoms with van der Waals surface area (Å²) in [5, 5.41) is 2.30. The summed E-state index contributed by atoms with van der Waals surface area (Å²) in [5.74, 6) is -0.566. The average Bonchev–Trinajstić information content (AvgIpc) is 3.11. The van der Waals surface area contributed by atoms with E-state index in [1.807, 2.05) is 0 Å². The Kier molecular flexibility index (Phi) is 9.59. The molecule has 0 bridgehead atoms. The van der Waals surface area contributed by atoms with Crippen LogP contribution in [0.25, 0.3) is 11.2 Å². The third kappa shape index (κ3) is 7.40. The number of hydrogen-bond donors (Lipinski definition) is 1. The molecule has 1 unspecified atom stereocenters. The maximum atomic E-state index is 12.6. The van der Waals surface area contributed by atoms with E-state index in [1.54, 1.807) is 13.8 Å². The van der Waals surface area contributed by atoms with Gasteiger partial charge in [-0.25, -0.2) is 4.98 Å². The largest absolute Gasteiger partial charge is 0.463 e. The van der Waals surface area contributed by atoms with Gasteiger partial charge in [0.25, 0.3) is 0 Å². The van der Waals surface area contributed by atoms with Crippen molar-refractivity contribution in [1.29, 1.82) is 0 Å². The van der Waals surface area contributed by atoms with Gasteiger partial charge in [-0.15, -0.1) is 0 Å². The fourth-order valence-electron chi connectivity index (χ4n) is 2.28. The topological polar surface area (TPSA) is 153 Å². The minimum absolute atomic E-state index is 0.0128. The molecular formula is C16H23ClN5O8P. The molecule has 0 spiro atoms. The van der Waals surface area contributed by atoms with Crippen molar-refractivity contribution in [2.45, 2.75) is 26.9 Å². The molecule has 1 amide bonds. The quantitative estimate of drug-likeness (QED) is 0.182. The van der Waals surface area contributed by atoms with Crippen LogP contribution in [-0.2, 0) is 32.7 Å². The standard InChI is InChI=1S/C16H23ClN5O8P/c1-4-29-31(25,30-5-2)10-27-12(6-26-11(3)24)7-28-22-8-18-13-14(17)20-16(19-9-23)21-15(13)22/h8-9,12H,4-7,10H2,1-3H3,(H,19,20,21,23). The number of hydrogen-bond acceptors (Lipinski definition) is 11. The van der Waals surface area contributed by atoms with Gasteiger partial charge in [0.15, 0.2) is 5.15 Å². The summed E-state index contributed by atoms with van der Waals surface area (Å²) in [6.45, 7) is 4.62. The number of ether oxygens (including phenoxy) is 2. The number of fused-ring (bicyclic) bond motifs is 1. The number of carbonyl (C=O) groups is 2. The lowest BCUT2D eigenvalue weighted by Gasteiger charge is -2.22. The van der Waals surface area contributed by atoms with Gasteiger partial charge in [0.2, 0.25) is 18.0 Å². The number of carbonyl (C=O) groups excluding carboxylic acids is 2. The van der Waals surface area contributed by atoms with E-state index in [-0.39, 0.29) is 55.0 Å². The molecule has 1 N–H and O–H groups in total. The van der Waals surface area contributed by atoms with E-state index in [9.17, 15) is 14.2 Å². The summed E-state index contributed by atoms with van der Waals surface area (Å²) in [5.41, 5.74) is 0.428. The highest BCUT2D eigenvalue weighted by molar-refractivity contribution is 7.53. The predicted molar refractivity (Wildman–Crippen MR) is 109 cm³/mol. The number of rotatable bonds is 14. The molecule has 0 saturated heterocycles. The molecule has 2 rings (SSSR count). The fraction of sp³-hybridized carbons (Fsp3) is 0.562. The van der Waals surface area contributed by atoms with Crippen molar-refractivity contribution in [3.05, 3.63) is 11.5 Å². The molecule has 172 valence electrons. The van der Waals surface area contributed by atoms with Gasteiger partial charge >= 0.3 is 13.6 Å². The normalized spacial score (nSPS) is 12.5. The fourth-order valence-corrected chi connectivity index (χ4v) is 3.89. The van der Waals surface area contributed by atoms with Crippen LogP contribution < -0.4 is 10.2 Å². The minimum Gasteiger partial charge on any atom is -0.463 e. The molecule has 15 heteroatoms. The first-order valence-corrected chi connectivity index (χ1v) is 11.3. The SMILES string of the molecule is CCOP(=O)(COC(COC(C)=O)COn1cnc2c(Cl)nc(NC=O)nc21)OCC. The summed E-state index contributed by atoms with van der Waals surface area (Å²) in [6.07, 6.45) is 0.512. The Morgan fingerprint density at radius 1 is 1.29 bits per heavy atom. The summed E-state index contributed by atoms with van der Waals surface area (Å²) in [7, 11) is -3.48. The van der Waals surface area contributed by atoms with Crippen LogP contribution in [0.15, 0.2) is 6.33 Å². The third-order valence-electron chi connectivity index (χ3n) is 3.50. The monoisotopic (exact) mass is 479 g/mol. The van der Waals surface area contributed by atoms with Gasteiger partial charge in [-0.3, -0.25) is 19.5 Å². The zero-order valence-electron chi connectivity index (χ0n) is 17.1. The number of anilines is 1. The Hall–Kier alpha value is -2.31. The molecule has 0 aliphatic heterocycles. The Morgan fingerprint density at radius 2 is 2.00 bits per heavy atom. The highest BCUT2D eigenvalue weighted by atomic mass is 35.5. The van der Waals surface area contributed by atoms with E-state index in [0.29, 0.717) is 6.41 Å². The molecule has 13 nitrogen and oxygen atoms in total. The van der Waals surface area contributed by atoms with Crippen LogP contribution in [0.2, 0.25) is 5.15 Å². The lowest BCUT2D eigenvalue weighted by atomic mass is 10.4. The number of imidazole rings is 1. The molecular weight excluding hydrogens is 457 g/mol. The molecule has 0 saturated carbocycles. The minimum atomic E-state index is -3.48. The molecule has 0 aromatic carbocycles. The van der Waals surface area contributed by atoms with E-state index in [0.717, 1.165) is 0 Å². The first-order chi connectivity index (χ1) is 14.8. The van der Waals surface area contributed by atoms with E-state index < -0.39 is 19.7 Å². The second kappa shape index (κ2) is 11.9.